The summed E-state index contributed by atoms with van der Waals surface area (Å²) in [4.78, 5) is 34.1. The van der Waals surface area contributed by atoms with Crippen LogP contribution in [0.15, 0.2) is 58.4 Å². The van der Waals surface area contributed by atoms with Crippen LogP contribution in [0.3, 0.4) is 0 Å². The third-order valence-electron chi connectivity index (χ3n) is 5.89. The molecule has 8 nitrogen and oxygen atoms in total. The lowest BCUT2D eigenvalue weighted by Gasteiger charge is -2.38. The Hall–Kier alpha value is -3.22. The van der Waals surface area contributed by atoms with Gasteiger partial charge in [-0.2, -0.15) is 0 Å². The number of carbonyl (C=O) groups is 2. The van der Waals surface area contributed by atoms with Crippen LogP contribution in [0.4, 0.5) is 13.2 Å². The van der Waals surface area contributed by atoms with Crippen molar-refractivity contribution in [3.8, 4) is 0 Å². The van der Waals surface area contributed by atoms with Crippen LogP contribution in [0.2, 0.25) is 5.02 Å². The van der Waals surface area contributed by atoms with Gasteiger partial charge in [-0.1, -0.05) is 17.7 Å². The molecule has 38 heavy (non-hydrogen) atoms. The second-order valence-corrected chi connectivity index (χ2v) is 9.97. The maximum atomic E-state index is 14.7. The minimum absolute atomic E-state index is 0.0465. The molecule has 0 aliphatic carbocycles. The molecule has 4 rings (SSSR count). The summed E-state index contributed by atoms with van der Waals surface area (Å²) in [5, 5.41) is 5.40. The number of nitrogens with zero attached hydrogens (tertiary/aromatic N) is 3. The van der Waals surface area contributed by atoms with Gasteiger partial charge in [-0.15, -0.1) is 11.3 Å². The maximum Gasteiger partial charge on any atom is 0.338 e. The molecule has 1 aromatic carbocycles. The van der Waals surface area contributed by atoms with Crippen molar-refractivity contribution in [2.75, 3.05) is 26.2 Å². The van der Waals surface area contributed by atoms with Crippen LogP contribution in [-0.2, 0) is 19.1 Å². The van der Waals surface area contributed by atoms with Gasteiger partial charge < -0.3 is 14.8 Å². The number of alkyl halides is 2. The number of aliphatic imine (C=N–C) groups is 1. The number of esters is 1. The molecule has 1 fully saturated rings. The molecular formula is C25H24ClF3N4O4S. The monoisotopic (exact) mass is 568 g/mol. The normalized spacial score (nSPS) is 21.7. The lowest BCUT2D eigenvalue weighted by molar-refractivity contribution is -0.139. The van der Waals surface area contributed by atoms with E-state index in [1.807, 2.05) is 0 Å². The van der Waals surface area contributed by atoms with Gasteiger partial charge in [-0.05, 0) is 31.1 Å². The van der Waals surface area contributed by atoms with Crippen molar-refractivity contribution in [2.24, 2.45) is 10.9 Å². The number of amidine groups is 1. The summed E-state index contributed by atoms with van der Waals surface area (Å²) >= 11 is 7.66. The van der Waals surface area contributed by atoms with Crippen LogP contribution in [0.5, 0.6) is 0 Å². The number of aromatic nitrogens is 1. The minimum atomic E-state index is -3.03. The number of benzene rings is 1. The van der Waals surface area contributed by atoms with Crippen molar-refractivity contribution in [1.82, 2.24) is 15.2 Å². The lowest BCUT2D eigenvalue weighted by Crippen LogP contribution is -2.49. The fraction of sp³-hybridized carbons (Fsp3) is 0.360. The van der Waals surface area contributed by atoms with Gasteiger partial charge in [0.2, 0.25) is 0 Å². The second-order valence-electron chi connectivity index (χ2n) is 8.67. The summed E-state index contributed by atoms with van der Waals surface area (Å²) < 4.78 is 53.0. The smallest absolute Gasteiger partial charge is 0.338 e. The number of ether oxygens (including phenoxy) is 2. The predicted molar refractivity (Wildman–Crippen MR) is 135 cm³/mol. The standard InChI is InChI=1S/C25H24ClF3N4O4S/c1-2-37-24(35)20-19(12-33-11-15(5-7-36-14-34)10-25(28,29)13-33)31-22(23-30-6-8-38-23)32-21(20)17-4-3-16(27)9-18(17)26/h3-9,14-15,21H,2,10-13H2,1H3,(H,31,32)/b7-5+/t15-,21-/m0/s1. The Morgan fingerprint density at radius 1 is 1.39 bits per heavy atom. The van der Waals surface area contributed by atoms with E-state index in [0.29, 0.717) is 22.1 Å². The summed E-state index contributed by atoms with van der Waals surface area (Å²) in [6, 6.07) is 2.74. The van der Waals surface area contributed by atoms with Crippen molar-refractivity contribution in [2.45, 2.75) is 25.3 Å². The van der Waals surface area contributed by atoms with Gasteiger partial charge in [0.25, 0.3) is 12.4 Å². The Kier molecular flexibility index (Phi) is 8.85. The van der Waals surface area contributed by atoms with E-state index in [2.05, 4.69) is 20.0 Å². The van der Waals surface area contributed by atoms with Crippen LogP contribution >= 0.6 is 22.9 Å². The van der Waals surface area contributed by atoms with E-state index in [9.17, 15) is 22.8 Å². The highest BCUT2D eigenvalue weighted by Gasteiger charge is 2.41. The molecule has 2 aliphatic heterocycles. The van der Waals surface area contributed by atoms with Crippen molar-refractivity contribution in [1.29, 1.82) is 0 Å². The number of likely N-dealkylation sites (tertiary alicyclic amines) is 1. The number of piperidine rings is 1. The zero-order valence-electron chi connectivity index (χ0n) is 20.2. The number of thiazole rings is 1. The molecule has 2 atom stereocenters. The third-order valence-corrected chi connectivity index (χ3v) is 7.00. The van der Waals surface area contributed by atoms with Gasteiger partial charge in [0.15, 0.2) is 10.8 Å². The van der Waals surface area contributed by atoms with Crippen molar-refractivity contribution >= 4 is 41.2 Å². The number of carbonyl (C=O) groups excluding carboxylic acids is 2. The molecule has 2 aromatic rings. The molecule has 1 saturated heterocycles. The van der Waals surface area contributed by atoms with Gasteiger partial charge in [0, 0.05) is 47.4 Å². The number of rotatable bonds is 9. The summed E-state index contributed by atoms with van der Waals surface area (Å²) in [6.45, 7) is 1.48. The fourth-order valence-electron chi connectivity index (χ4n) is 4.46. The molecule has 3 heterocycles. The van der Waals surface area contributed by atoms with Crippen LogP contribution in [0, 0.1) is 11.7 Å². The molecular weight excluding hydrogens is 545 g/mol. The molecule has 0 radical (unpaired) electrons. The van der Waals surface area contributed by atoms with Crippen molar-refractivity contribution in [3.63, 3.8) is 0 Å². The van der Waals surface area contributed by atoms with E-state index in [4.69, 9.17) is 16.3 Å². The fourth-order valence-corrected chi connectivity index (χ4v) is 5.32. The summed E-state index contributed by atoms with van der Waals surface area (Å²) in [7, 11) is 0. The molecule has 13 heteroatoms. The molecule has 0 amide bonds. The largest absolute Gasteiger partial charge is 0.463 e. The Labute approximate surface area is 225 Å². The Morgan fingerprint density at radius 3 is 2.89 bits per heavy atom. The van der Waals surface area contributed by atoms with Crippen LogP contribution in [0.1, 0.15) is 30.0 Å². The van der Waals surface area contributed by atoms with E-state index >= 15 is 0 Å². The van der Waals surface area contributed by atoms with Gasteiger partial charge in [0.1, 0.15) is 11.9 Å². The highest BCUT2D eigenvalue weighted by Crippen LogP contribution is 2.38. The number of nitrogens with one attached hydrogen (secondary N) is 1. The first-order valence-corrected chi connectivity index (χ1v) is 12.9. The van der Waals surface area contributed by atoms with Crippen LogP contribution in [-0.4, -0.2) is 60.3 Å². The molecule has 202 valence electrons. The number of halogens is 4. The Bertz CT molecular complexity index is 1270. The molecule has 1 N–H and O–H groups in total. The summed E-state index contributed by atoms with van der Waals surface area (Å²) in [5.74, 6) is -4.59. The number of hydrogen-bond donors (Lipinski definition) is 1. The summed E-state index contributed by atoms with van der Waals surface area (Å²) in [5.41, 5.74) is 0.713. The van der Waals surface area contributed by atoms with E-state index in [1.54, 1.807) is 18.5 Å². The van der Waals surface area contributed by atoms with Gasteiger partial charge in [0.05, 0.1) is 25.0 Å². The molecule has 0 unspecified atom stereocenters. The SMILES string of the molecule is CCOC(=O)C1=C(CN2C[C@@H](/C=C/OC=O)CC(F)(F)C2)NC(c2nccs2)=N[C@H]1c1ccc(F)cc1Cl. The minimum Gasteiger partial charge on any atom is -0.463 e. The highest BCUT2D eigenvalue weighted by molar-refractivity contribution is 7.11. The second kappa shape index (κ2) is 12.1. The molecule has 1 aromatic heterocycles. The molecule has 2 aliphatic rings. The zero-order valence-corrected chi connectivity index (χ0v) is 21.8. The maximum absolute atomic E-state index is 14.7. The molecule has 0 spiro atoms. The highest BCUT2D eigenvalue weighted by atomic mass is 35.5. The summed E-state index contributed by atoms with van der Waals surface area (Å²) in [6.07, 6.45) is 3.66. The Morgan fingerprint density at radius 2 is 2.21 bits per heavy atom. The average Bonchev–Trinajstić information content (AvgIpc) is 3.38. The van der Waals surface area contributed by atoms with Crippen LogP contribution < -0.4 is 5.32 Å². The van der Waals surface area contributed by atoms with Crippen molar-refractivity contribution < 1.29 is 32.2 Å². The van der Waals surface area contributed by atoms with E-state index in [-0.39, 0.29) is 36.8 Å². The first-order chi connectivity index (χ1) is 18.2. The Balaban J connectivity index is 1.77. The third kappa shape index (κ3) is 6.61. The molecule has 0 saturated carbocycles. The topological polar surface area (TPSA) is 93.1 Å². The number of hydrogen-bond acceptors (Lipinski definition) is 9. The van der Waals surface area contributed by atoms with Crippen molar-refractivity contribution in [3.05, 3.63) is 74.8 Å². The van der Waals surface area contributed by atoms with Gasteiger partial charge in [-0.3, -0.25) is 14.7 Å². The zero-order chi connectivity index (χ0) is 27.3. The molecule has 0 bridgehead atoms. The van der Waals surface area contributed by atoms with E-state index in [1.165, 1.54) is 34.4 Å². The van der Waals surface area contributed by atoms with Gasteiger partial charge in [-0.25, -0.2) is 22.9 Å². The van der Waals surface area contributed by atoms with Crippen LogP contribution in [0.25, 0.3) is 0 Å². The quantitative estimate of drug-likeness (QED) is 0.271. The van der Waals surface area contributed by atoms with E-state index in [0.717, 1.165) is 12.3 Å². The van der Waals surface area contributed by atoms with Gasteiger partial charge >= 0.3 is 5.97 Å². The predicted octanol–water partition coefficient (Wildman–Crippen LogP) is 4.49. The first-order valence-electron chi connectivity index (χ1n) is 11.7. The lowest BCUT2D eigenvalue weighted by atomic mass is 9.93. The van der Waals surface area contributed by atoms with E-state index < -0.39 is 42.6 Å². The first kappa shape index (κ1) is 27.8. The average molecular weight is 569 g/mol.